The number of hydrogen-bond donors (Lipinski definition) is 1. The fourth-order valence-corrected chi connectivity index (χ4v) is 2.06. The lowest BCUT2D eigenvalue weighted by molar-refractivity contribution is -0.384. The van der Waals surface area contributed by atoms with E-state index in [0.29, 0.717) is 18.7 Å². The minimum atomic E-state index is -0.471. The Morgan fingerprint density at radius 2 is 1.85 bits per heavy atom. The first-order valence-corrected chi connectivity index (χ1v) is 6.19. The number of carbonyl (C=O) groups excluding carboxylic acids is 1. The Morgan fingerprint density at radius 3 is 2.45 bits per heavy atom. The molecule has 7 nitrogen and oxygen atoms in total. The lowest BCUT2D eigenvalue weighted by Gasteiger charge is -2.31. The highest BCUT2D eigenvalue weighted by atomic mass is 35.5. The predicted molar refractivity (Wildman–Crippen MR) is 77.2 cm³/mol. The molecule has 0 radical (unpaired) electrons. The molecule has 1 heterocycles. The average Bonchev–Trinajstić information content (AvgIpc) is 2.63. The predicted octanol–water partition coefficient (Wildman–Crippen LogP) is 2.01. The summed E-state index contributed by atoms with van der Waals surface area (Å²) in [5, 5.41) is 13.3. The second-order valence-corrected chi connectivity index (χ2v) is 4.45. The zero-order chi connectivity index (χ0) is 13.8. The normalized spacial score (nSPS) is 15.2. The number of nitro groups is 1. The largest absolute Gasteiger partial charge is 0.273 e. The Morgan fingerprint density at radius 1 is 1.20 bits per heavy atom. The topological polar surface area (TPSA) is 92.7 Å². The van der Waals surface area contributed by atoms with E-state index in [4.69, 9.17) is 5.84 Å². The molecule has 1 fully saturated rings. The molecule has 2 N–H and O–H groups in total. The quantitative estimate of drug-likeness (QED) is 0.523. The number of anilines is 1. The maximum Gasteiger partial charge on any atom is 0.269 e. The van der Waals surface area contributed by atoms with Crippen molar-refractivity contribution in [2.24, 2.45) is 5.84 Å². The third kappa shape index (κ3) is 3.58. The van der Waals surface area contributed by atoms with Crippen LogP contribution < -0.4 is 11.0 Å². The Balaban J connectivity index is 0.00000200. The molecule has 1 amide bonds. The molecule has 20 heavy (non-hydrogen) atoms. The summed E-state index contributed by atoms with van der Waals surface area (Å²) in [5.41, 5.74) is 0.556. The van der Waals surface area contributed by atoms with E-state index in [2.05, 4.69) is 0 Å². The maximum absolute atomic E-state index is 11.9. The second-order valence-electron chi connectivity index (χ2n) is 4.45. The number of amides is 1. The van der Waals surface area contributed by atoms with Crippen LogP contribution >= 0.6 is 12.4 Å². The van der Waals surface area contributed by atoms with Crippen LogP contribution in [0, 0.1) is 10.1 Å². The molecule has 8 heteroatoms. The number of nitrogens with two attached hydrogens (primary N) is 1. The van der Waals surface area contributed by atoms with Gasteiger partial charge in [0.05, 0.1) is 10.6 Å². The number of carbonyl (C=O) groups is 1. The molecule has 0 atom stereocenters. The summed E-state index contributed by atoms with van der Waals surface area (Å²) in [5.74, 6) is 5.91. The van der Waals surface area contributed by atoms with Crippen LogP contribution in [0.25, 0.3) is 0 Å². The van der Waals surface area contributed by atoms with Gasteiger partial charge in [0, 0.05) is 25.1 Å². The molecule has 0 saturated carbocycles. The molecular formula is C12H17ClN4O3. The lowest BCUT2D eigenvalue weighted by Crippen LogP contribution is -2.51. The molecule has 0 bridgehead atoms. The summed E-state index contributed by atoms with van der Waals surface area (Å²) in [7, 11) is 0. The summed E-state index contributed by atoms with van der Waals surface area (Å²) in [6, 6.07) is 5.82. The fourth-order valence-electron chi connectivity index (χ4n) is 2.06. The smallest absolute Gasteiger partial charge is 0.269 e. The molecule has 0 aromatic heterocycles. The molecule has 1 saturated heterocycles. The Bertz CT molecular complexity index is 480. The number of nitrogens with zero attached hydrogens (tertiary/aromatic N) is 3. The molecule has 0 unspecified atom stereocenters. The number of hydrazine groups is 2. The summed E-state index contributed by atoms with van der Waals surface area (Å²) in [4.78, 5) is 22.0. The van der Waals surface area contributed by atoms with Gasteiger partial charge in [-0.3, -0.25) is 14.9 Å². The van der Waals surface area contributed by atoms with Crippen LogP contribution in [0.5, 0.6) is 0 Å². The number of hydrogen-bond acceptors (Lipinski definition) is 5. The van der Waals surface area contributed by atoms with E-state index >= 15 is 0 Å². The molecular weight excluding hydrogens is 284 g/mol. The van der Waals surface area contributed by atoms with Crippen LogP contribution in [-0.2, 0) is 4.79 Å². The SMILES string of the molecule is Cl.NN(c1ccc([N+](=O)[O-])cc1)N1CCCCCC1=O. The third-order valence-electron chi connectivity index (χ3n) is 3.13. The van der Waals surface area contributed by atoms with Crippen molar-refractivity contribution >= 4 is 29.7 Å². The van der Waals surface area contributed by atoms with Crippen molar-refractivity contribution in [3.8, 4) is 0 Å². The minimum Gasteiger partial charge on any atom is -0.273 e. The van der Waals surface area contributed by atoms with Gasteiger partial charge >= 0.3 is 0 Å². The van der Waals surface area contributed by atoms with Crippen LogP contribution in [0.1, 0.15) is 25.7 Å². The Labute approximate surface area is 122 Å². The van der Waals surface area contributed by atoms with Crippen LogP contribution in [-0.4, -0.2) is 22.4 Å². The van der Waals surface area contributed by atoms with Crippen molar-refractivity contribution < 1.29 is 9.72 Å². The number of non-ortho nitro benzene ring substituents is 1. The molecule has 1 aromatic rings. The van der Waals surface area contributed by atoms with Gasteiger partial charge in [0.25, 0.3) is 5.69 Å². The zero-order valence-electron chi connectivity index (χ0n) is 10.9. The second kappa shape index (κ2) is 7.06. The van der Waals surface area contributed by atoms with Crippen LogP contribution in [0.2, 0.25) is 0 Å². The third-order valence-corrected chi connectivity index (χ3v) is 3.13. The van der Waals surface area contributed by atoms with Gasteiger partial charge in [0.2, 0.25) is 5.91 Å². The number of nitro benzene ring substituents is 1. The van der Waals surface area contributed by atoms with Crippen LogP contribution in [0.15, 0.2) is 24.3 Å². The number of rotatable bonds is 3. The fraction of sp³-hybridized carbons (Fsp3) is 0.417. The van der Waals surface area contributed by atoms with E-state index in [0.717, 1.165) is 19.3 Å². The molecule has 1 aliphatic rings. The zero-order valence-corrected chi connectivity index (χ0v) is 11.7. The van der Waals surface area contributed by atoms with E-state index in [9.17, 15) is 14.9 Å². The standard InChI is InChI=1S/C12H16N4O3.ClH/c13-15(14-9-3-1-2-4-12(14)17)10-5-7-11(8-6-10)16(18)19;/h5-8H,1-4,9,13H2;1H. The van der Waals surface area contributed by atoms with Crippen molar-refractivity contribution in [3.63, 3.8) is 0 Å². The maximum atomic E-state index is 11.9. The highest BCUT2D eigenvalue weighted by Gasteiger charge is 2.21. The van der Waals surface area contributed by atoms with Crippen LogP contribution in [0.4, 0.5) is 11.4 Å². The first-order chi connectivity index (χ1) is 9.09. The molecule has 1 aliphatic heterocycles. The van der Waals surface area contributed by atoms with E-state index in [1.165, 1.54) is 34.4 Å². The van der Waals surface area contributed by atoms with Gasteiger partial charge in [-0.1, -0.05) is 6.42 Å². The molecule has 0 spiro atoms. The summed E-state index contributed by atoms with van der Waals surface area (Å²) in [6.07, 6.45) is 3.28. The Hall–Kier alpha value is -1.86. The number of benzene rings is 1. The van der Waals surface area contributed by atoms with Crippen LogP contribution in [0.3, 0.4) is 0 Å². The summed E-state index contributed by atoms with van der Waals surface area (Å²) in [6.45, 7) is 0.576. The van der Waals surface area contributed by atoms with Gasteiger partial charge in [0.1, 0.15) is 0 Å². The van der Waals surface area contributed by atoms with Crippen molar-refractivity contribution in [1.82, 2.24) is 5.01 Å². The van der Waals surface area contributed by atoms with Gasteiger partial charge in [-0.15, -0.1) is 12.4 Å². The van der Waals surface area contributed by atoms with Crippen molar-refractivity contribution in [1.29, 1.82) is 0 Å². The summed E-state index contributed by atoms with van der Waals surface area (Å²) < 4.78 is 0. The minimum absolute atomic E-state index is 0. The molecule has 0 aliphatic carbocycles. The highest BCUT2D eigenvalue weighted by molar-refractivity contribution is 5.85. The van der Waals surface area contributed by atoms with Gasteiger partial charge in [-0.25, -0.2) is 16.0 Å². The van der Waals surface area contributed by atoms with Gasteiger partial charge in [-0.05, 0) is 25.0 Å². The monoisotopic (exact) mass is 300 g/mol. The van der Waals surface area contributed by atoms with E-state index < -0.39 is 4.92 Å². The first-order valence-electron chi connectivity index (χ1n) is 6.19. The van der Waals surface area contributed by atoms with E-state index in [-0.39, 0.29) is 24.0 Å². The highest BCUT2D eigenvalue weighted by Crippen LogP contribution is 2.21. The number of halogens is 1. The summed E-state index contributed by atoms with van der Waals surface area (Å²) >= 11 is 0. The lowest BCUT2D eigenvalue weighted by atomic mass is 10.2. The van der Waals surface area contributed by atoms with E-state index in [1.54, 1.807) is 0 Å². The average molecular weight is 301 g/mol. The van der Waals surface area contributed by atoms with Crippen molar-refractivity contribution in [2.75, 3.05) is 11.7 Å². The van der Waals surface area contributed by atoms with E-state index in [1.807, 2.05) is 0 Å². The molecule has 1 aromatic carbocycles. The van der Waals surface area contributed by atoms with Gasteiger partial charge in [0.15, 0.2) is 0 Å². The first kappa shape index (κ1) is 16.2. The van der Waals surface area contributed by atoms with Crippen molar-refractivity contribution in [3.05, 3.63) is 34.4 Å². The van der Waals surface area contributed by atoms with Crippen molar-refractivity contribution in [2.45, 2.75) is 25.7 Å². The van der Waals surface area contributed by atoms with Gasteiger partial charge < -0.3 is 0 Å². The molecule has 110 valence electrons. The van der Waals surface area contributed by atoms with Gasteiger partial charge in [-0.2, -0.15) is 0 Å². The molecule has 2 rings (SSSR count). The Kier molecular flexibility index (Phi) is 5.72.